The van der Waals surface area contributed by atoms with Crippen LogP contribution in [0.2, 0.25) is 0 Å². The number of nitrogens with two attached hydrogens (primary N) is 2. The molecule has 1 atom stereocenters. The van der Waals surface area contributed by atoms with Gasteiger partial charge in [0.1, 0.15) is 0 Å². The number of sulfonamides is 1. The molecular weight excluding hydrogens is 266 g/mol. The minimum atomic E-state index is -3.79. The number of hydrogen-bond donors (Lipinski definition) is 3. The normalized spacial score (nSPS) is 13.1. The molecule has 0 radical (unpaired) electrons. The Bertz CT molecular complexity index is 566. The predicted octanol–water partition coefficient (Wildman–Crippen LogP) is 0.566. The zero-order chi connectivity index (χ0) is 14.6. The van der Waals surface area contributed by atoms with Crippen LogP contribution in [0.1, 0.15) is 18.9 Å². The Morgan fingerprint density at radius 2 is 2.05 bits per heavy atom. The Kier molecular flexibility index (Phi) is 5.04. The van der Waals surface area contributed by atoms with E-state index in [1.807, 2.05) is 6.92 Å². The molecule has 1 aromatic carbocycles. The van der Waals surface area contributed by atoms with E-state index in [2.05, 4.69) is 5.32 Å². The van der Waals surface area contributed by atoms with Crippen molar-refractivity contribution in [3.63, 3.8) is 0 Å². The highest BCUT2D eigenvalue weighted by Crippen LogP contribution is 2.20. The Hall–Kier alpha value is -1.44. The molecule has 7 heteroatoms. The average molecular weight is 285 g/mol. The van der Waals surface area contributed by atoms with E-state index in [9.17, 15) is 13.2 Å². The van der Waals surface area contributed by atoms with Gasteiger partial charge in [0.2, 0.25) is 15.9 Å². The summed E-state index contributed by atoms with van der Waals surface area (Å²) in [7, 11) is -3.79. The van der Waals surface area contributed by atoms with Crippen LogP contribution < -0.4 is 16.2 Å². The molecule has 1 aromatic rings. The number of amides is 1. The smallest absolute Gasteiger partial charge is 0.238 e. The fourth-order valence-corrected chi connectivity index (χ4v) is 2.15. The third kappa shape index (κ3) is 4.02. The van der Waals surface area contributed by atoms with Crippen LogP contribution in [-0.4, -0.2) is 20.9 Å². The summed E-state index contributed by atoms with van der Waals surface area (Å²) in [5.74, 6) is -0.516. The van der Waals surface area contributed by atoms with Crippen molar-refractivity contribution in [1.29, 1.82) is 0 Å². The van der Waals surface area contributed by atoms with Crippen LogP contribution in [0.5, 0.6) is 0 Å². The third-order valence-electron chi connectivity index (χ3n) is 2.94. The highest BCUT2D eigenvalue weighted by atomic mass is 32.2. The molecular formula is C12H19N3O3S. The molecule has 0 aromatic heterocycles. The zero-order valence-corrected chi connectivity index (χ0v) is 11.8. The monoisotopic (exact) mass is 285 g/mol. The Morgan fingerprint density at radius 3 is 2.53 bits per heavy atom. The lowest BCUT2D eigenvalue weighted by Crippen LogP contribution is -2.29. The van der Waals surface area contributed by atoms with Crippen molar-refractivity contribution < 1.29 is 13.2 Å². The molecule has 1 unspecified atom stereocenters. The van der Waals surface area contributed by atoms with Crippen LogP contribution in [0, 0.1) is 12.8 Å². The van der Waals surface area contributed by atoms with E-state index in [-0.39, 0.29) is 23.3 Å². The Morgan fingerprint density at radius 1 is 1.42 bits per heavy atom. The Labute approximate surface area is 113 Å². The molecule has 6 nitrogen and oxygen atoms in total. The van der Waals surface area contributed by atoms with Gasteiger partial charge in [0.15, 0.2) is 0 Å². The summed E-state index contributed by atoms with van der Waals surface area (Å²) in [6.07, 6.45) is 0.621. The molecule has 0 spiro atoms. The number of anilines is 1. The first-order valence-corrected chi connectivity index (χ1v) is 7.48. The SMILES string of the molecule is CCC(CN)C(=O)Nc1cc(S(N)(=O)=O)ccc1C. The summed E-state index contributed by atoms with van der Waals surface area (Å²) in [6.45, 7) is 3.88. The van der Waals surface area contributed by atoms with Gasteiger partial charge in [-0.25, -0.2) is 13.6 Å². The second-order valence-electron chi connectivity index (χ2n) is 4.35. The number of carbonyl (C=O) groups is 1. The van der Waals surface area contributed by atoms with Crippen molar-refractivity contribution in [2.45, 2.75) is 25.2 Å². The van der Waals surface area contributed by atoms with Crippen LogP contribution in [0.25, 0.3) is 0 Å². The topological polar surface area (TPSA) is 115 Å². The summed E-state index contributed by atoms with van der Waals surface area (Å²) < 4.78 is 22.5. The number of nitrogens with one attached hydrogen (secondary N) is 1. The van der Waals surface area contributed by atoms with E-state index in [1.165, 1.54) is 12.1 Å². The van der Waals surface area contributed by atoms with Gasteiger partial charge in [-0.2, -0.15) is 0 Å². The Balaban J connectivity index is 3.04. The molecule has 1 amide bonds. The van der Waals surface area contributed by atoms with Crippen LogP contribution in [0.4, 0.5) is 5.69 Å². The molecule has 106 valence electrons. The summed E-state index contributed by atoms with van der Waals surface area (Å²) in [4.78, 5) is 11.9. The van der Waals surface area contributed by atoms with Gasteiger partial charge < -0.3 is 11.1 Å². The van der Waals surface area contributed by atoms with Crippen LogP contribution >= 0.6 is 0 Å². The molecule has 19 heavy (non-hydrogen) atoms. The van der Waals surface area contributed by atoms with Crippen molar-refractivity contribution in [1.82, 2.24) is 0 Å². The van der Waals surface area contributed by atoms with Gasteiger partial charge in [-0.15, -0.1) is 0 Å². The van der Waals surface area contributed by atoms with Crippen LogP contribution in [0.3, 0.4) is 0 Å². The van der Waals surface area contributed by atoms with Gasteiger partial charge in [-0.3, -0.25) is 4.79 Å². The second-order valence-corrected chi connectivity index (χ2v) is 5.91. The number of hydrogen-bond acceptors (Lipinski definition) is 4. The first-order valence-electron chi connectivity index (χ1n) is 5.94. The maximum absolute atomic E-state index is 11.9. The molecule has 0 aliphatic rings. The van der Waals surface area contributed by atoms with Crippen molar-refractivity contribution in [3.8, 4) is 0 Å². The van der Waals surface area contributed by atoms with Gasteiger partial charge in [0.25, 0.3) is 0 Å². The number of primary sulfonamides is 1. The van der Waals surface area contributed by atoms with E-state index in [1.54, 1.807) is 13.0 Å². The third-order valence-corrected chi connectivity index (χ3v) is 3.85. The maximum Gasteiger partial charge on any atom is 0.238 e. The summed E-state index contributed by atoms with van der Waals surface area (Å²) in [5.41, 5.74) is 6.69. The minimum Gasteiger partial charge on any atom is -0.330 e. The van der Waals surface area contributed by atoms with Gasteiger partial charge in [-0.1, -0.05) is 13.0 Å². The highest BCUT2D eigenvalue weighted by Gasteiger charge is 2.17. The van der Waals surface area contributed by atoms with Crippen LogP contribution in [-0.2, 0) is 14.8 Å². The summed E-state index contributed by atoms with van der Waals surface area (Å²) in [5, 5.41) is 7.74. The fraction of sp³-hybridized carbons (Fsp3) is 0.417. The summed E-state index contributed by atoms with van der Waals surface area (Å²) >= 11 is 0. The van der Waals surface area contributed by atoms with Crippen molar-refractivity contribution in [2.75, 3.05) is 11.9 Å². The van der Waals surface area contributed by atoms with Gasteiger partial charge in [0.05, 0.1) is 10.8 Å². The molecule has 0 heterocycles. The molecule has 0 saturated heterocycles. The van der Waals surface area contributed by atoms with E-state index in [4.69, 9.17) is 10.9 Å². The van der Waals surface area contributed by atoms with Crippen molar-refractivity contribution in [3.05, 3.63) is 23.8 Å². The largest absolute Gasteiger partial charge is 0.330 e. The van der Waals surface area contributed by atoms with Crippen molar-refractivity contribution in [2.24, 2.45) is 16.8 Å². The molecule has 0 bridgehead atoms. The van der Waals surface area contributed by atoms with E-state index in [0.717, 1.165) is 5.56 Å². The van der Waals surface area contributed by atoms with E-state index in [0.29, 0.717) is 12.1 Å². The maximum atomic E-state index is 11.9. The molecule has 5 N–H and O–H groups in total. The van der Waals surface area contributed by atoms with Crippen molar-refractivity contribution >= 4 is 21.6 Å². The first kappa shape index (κ1) is 15.6. The number of aryl methyl sites for hydroxylation is 1. The summed E-state index contributed by atoms with van der Waals surface area (Å²) in [6, 6.07) is 4.35. The lowest BCUT2D eigenvalue weighted by molar-refractivity contribution is -0.119. The average Bonchev–Trinajstić information content (AvgIpc) is 2.32. The zero-order valence-electron chi connectivity index (χ0n) is 11.0. The molecule has 0 aliphatic carbocycles. The van der Waals surface area contributed by atoms with Gasteiger partial charge in [-0.05, 0) is 31.0 Å². The van der Waals surface area contributed by atoms with E-state index >= 15 is 0 Å². The standard InChI is InChI=1S/C12H19N3O3S/c1-3-9(7-13)12(16)15-11-6-10(19(14,17)18)5-4-8(11)2/h4-6,9H,3,7,13H2,1-2H3,(H,15,16)(H2,14,17,18). The number of carbonyl (C=O) groups excluding carboxylic acids is 1. The van der Waals surface area contributed by atoms with Gasteiger partial charge >= 0.3 is 0 Å². The molecule has 0 aliphatic heterocycles. The molecule has 1 rings (SSSR count). The minimum absolute atomic E-state index is 0.0332. The molecule has 0 fully saturated rings. The highest BCUT2D eigenvalue weighted by molar-refractivity contribution is 7.89. The fourth-order valence-electron chi connectivity index (χ4n) is 1.61. The second kappa shape index (κ2) is 6.14. The van der Waals surface area contributed by atoms with E-state index < -0.39 is 10.0 Å². The lowest BCUT2D eigenvalue weighted by atomic mass is 10.1. The first-order chi connectivity index (χ1) is 8.79. The molecule has 0 saturated carbocycles. The quantitative estimate of drug-likeness (QED) is 0.733. The lowest BCUT2D eigenvalue weighted by Gasteiger charge is -2.14. The number of rotatable bonds is 5. The predicted molar refractivity (Wildman–Crippen MR) is 74.0 cm³/mol. The number of benzene rings is 1. The van der Waals surface area contributed by atoms with Crippen LogP contribution in [0.15, 0.2) is 23.1 Å². The van der Waals surface area contributed by atoms with Gasteiger partial charge in [0, 0.05) is 12.2 Å².